The van der Waals surface area contributed by atoms with Crippen LogP contribution in [-0.4, -0.2) is 37.6 Å². The smallest absolute Gasteiger partial charge is 0.337 e. The molecule has 1 saturated heterocycles. The van der Waals surface area contributed by atoms with Crippen LogP contribution in [0.25, 0.3) is 0 Å². The third-order valence-corrected chi connectivity index (χ3v) is 4.26. The minimum Gasteiger partial charge on any atom is -0.341 e. The summed E-state index contributed by atoms with van der Waals surface area (Å²) >= 11 is 0. The second-order valence-corrected chi connectivity index (χ2v) is 6.03. The predicted molar refractivity (Wildman–Crippen MR) is 94.7 cm³/mol. The maximum Gasteiger partial charge on any atom is 0.337 e. The van der Waals surface area contributed by atoms with Crippen molar-refractivity contribution < 1.29 is 4.79 Å². The Morgan fingerprint density at radius 2 is 1.24 bits per heavy atom. The van der Waals surface area contributed by atoms with Crippen molar-refractivity contribution in [2.24, 2.45) is 0 Å². The summed E-state index contributed by atoms with van der Waals surface area (Å²) in [4.78, 5) is 51.5. The van der Waals surface area contributed by atoms with Crippen LogP contribution in [0, 0.1) is 0 Å². The van der Waals surface area contributed by atoms with Gasteiger partial charge in [-0.3, -0.25) is 4.79 Å². The zero-order valence-electron chi connectivity index (χ0n) is 14.4. The van der Waals surface area contributed by atoms with E-state index in [0.717, 1.165) is 39.4 Å². The number of likely N-dealkylation sites (tertiary alicyclic amines) is 1. The van der Waals surface area contributed by atoms with Crippen LogP contribution in [0.3, 0.4) is 0 Å². The van der Waals surface area contributed by atoms with E-state index in [9.17, 15) is 19.2 Å². The van der Waals surface area contributed by atoms with Gasteiger partial charge in [0, 0.05) is 13.1 Å². The maximum absolute atomic E-state index is 12.5. The van der Waals surface area contributed by atoms with Crippen molar-refractivity contribution in [3.8, 4) is 0 Å². The van der Waals surface area contributed by atoms with Crippen LogP contribution in [0.5, 0.6) is 0 Å². The number of rotatable bonds is 6. The molecule has 0 aliphatic carbocycles. The molecule has 136 valence electrons. The molecular weight excluding hydrogens is 324 g/mol. The zero-order valence-corrected chi connectivity index (χ0v) is 14.4. The van der Waals surface area contributed by atoms with Crippen molar-refractivity contribution in [3.63, 3.8) is 0 Å². The molecule has 1 aliphatic heterocycles. The lowest BCUT2D eigenvalue weighted by atomic mass is 10.2. The minimum absolute atomic E-state index is 0.0347. The van der Waals surface area contributed by atoms with E-state index in [1.54, 1.807) is 4.90 Å². The highest BCUT2D eigenvalue weighted by atomic mass is 16.2. The van der Waals surface area contributed by atoms with Gasteiger partial charge in [-0.2, -0.15) is 0 Å². The van der Waals surface area contributed by atoms with Gasteiger partial charge in [-0.15, -0.1) is 13.2 Å². The summed E-state index contributed by atoms with van der Waals surface area (Å²) in [7, 11) is 0. The van der Waals surface area contributed by atoms with E-state index in [-0.39, 0.29) is 25.5 Å². The van der Waals surface area contributed by atoms with Gasteiger partial charge in [0.2, 0.25) is 5.91 Å². The fourth-order valence-corrected chi connectivity index (χ4v) is 2.94. The van der Waals surface area contributed by atoms with Crippen molar-refractivity contribution in [2.75, 3.05) is 13.1 Å². The lowest BCUT2D eigenvalue weighted by molar-refractivity contribution is -0.132. The Bertz CT molecular complexity index is 774. The van der Waals surface area contributed by atoms with Gasteiger partial charge in [-0.1, -0.05) is 25.0 Å². The van der Waals surface area contributed by atoms with Gasteiger partial charge in [0.15, 0.2) is 0 Å². The third-order valence-electron chi connectivity index (χ3n) is 4.26. The van der Waals surface area contributed by atoms with Crippen molar-refractivity contribution in [3.05, 3.63) is 56.8 Å². The van der Waals surface area contributed by atoms with Gasteiger partial charge in [0.1, 0.15) is 6.54 Å². The third kappa shape index (κ3) is 4.07. The molecule has 1 aliphatic rings. The summed E-state index contributed by atoms with van der Waals surface area (Å²) in [6.07, 6.45) is 6.76. The van der Waals surface area contributed by atoms with Gasteiger partial charge >= 0.3 is 17.1 Å². The summed E-state index contributed by atoms with van der Waals surface area (Å²) in [6, 6.07) is 0. The summed E-state index contributed by atoms with van der Waals surface area (Å²) < 4.78 is 2.61. The minimum atomic E-state index is -0.793. The normalized spacial score (nSPS) is 14.8. The molecule has 2 rings (SSSR count). The van der Waals surface area contributed by atoms with Crippen molar-refractivity contribution >= 4 is 5.91 Å². The molecule has 0 N–H and O–H groups in total. The van der Waals surface area contributed by atoms with Crippen LogP contribution in [0.15, 0.2) is 39.7 Å². The molecule has 0 aromatic carbocycles. The van der Waals surface area contributed by atoms with Gasteiger partial charge < -0.3 is 4.90 Å². The quantitative estimate of drug-likeness (QED) is 0.674. The first-order valence-corrected chi connectivity index (χ1v) is 8.45. The Hall–Kier alpha value is -2.64. The van der Waals surface area contributed by atoms with Crippen molar-refractivity contribution in [1.29, 1.82) is 0 Å². The van der Waals surface area contributed by atoms with Crippen LogP contribution in [0.2, 0.25) is 0 Å². The Balaban J connectivity index is 2.45. The molecule has 8 nitrogen and oxygen atoms in total. The molecule has 0 atom stereocenters. The number of carbonyl (C=O) groups is 1. The summed E-state index contributed by atoms with van der Waals surface area (Å²) in [5.41, 5.74) is -2.31. The van der Waals surface area contributed by atoms with E-state index in [4.69, 9.17) is 0 Å². The lowest BCUT2D eigenvalue weighted by Crippen LogP contribution is -2.55. The number of carbonyl (C=O) groups excluding carboxylic acids is 1. The molecule has 0 bridgehead atoms. The lowest BCUT2D eigenvalue weighted by Gasteiger charge is -2.21. The second kappa shape index (κ2) is 8.46. The number of amides is 1. The number of allylic oxidation sites excluding steroid dienone is 2. The molecule has 0 unspecified atom stereocenters. The first-order chi connectivity index (χ1) is 12.0. The maximum atomic E-state index is 12.5. The Kier molecular flexibility index (Phi) is 6.32. The van der Waals surface area contributed by atoms with Gasteiger partial charge in [0.05, 0.1) is 13.1 Å². The Labute approximate surface area is 145 Å². The molecular formula is C17H24N4O4. The average molecular weight is 348 g/mol. The topological polar surface area (TPSA) is 86.3 Å². The fourth-order valence-electron chi connectivity index (χ4n) is 2.94. The molecule has 0 spiro atoms. The van der Waals surface area contributed by atoms with E-state index in [2.05, 4.69) is 13.2 Å². The van der Waals surface area contributed by atoms with E-state index < -0.39 is 17.1 Å². The summed E-state index contributed by atoms with van der Waals surface area (Å²) in [5.74, 6) is -0.282. The highest BCUT2D eigenvalue weighted by molar-refractivity contribution is 5.75. The first kappa shape index (κ1) is 18.7. The molecule has 25 heavy (non-hydrogen) atoms. The number of nitrogens with zero attached hydrogens (tertiary/aromatic N) is 4. The average Bonchev–Trinajstić information content (AvgIpc) is 2.88. The van der Waals surface area contributed by atoms with Crippen molar-refractivity contribution in [1.82, 2.24) is 18.6 Å². The van der Waals surface area contributed by atoms with Crippen LogP contribution < -0.4 is 17.1 Å². The SMILES string of the molecule is C=CCn1c(=O)n(CC=C)c(=O)n(CC(=O)N2CCCCCC2)c1=O. The van der Waals surface area contributed by atoms with Crippen LogP contribution in [0.1, 0.15) is 25.7 Å². The van der Waals surface area contributed by atoms with Gasteiger partial charge in [-0.05, 0) is 12.8 Å². The van der Waals surface area contributed by atoms with E-state index in [0.29, 0.717) is 13.1 Å². The molecule has 0 radical (unpaired) electrons. The molecule has 0 saturated carbocycles. The fraction of sp³-hybridized carbons (Fsp3) is 0.529. The monoisotopic (exact) mass is 348 g/mol. The largest absolute Gasteiger partial charge is 0.341 e. The first-order valence-electron chi connectivity index (χ1n) is 8.45. The van der Waals surface area contributed by atoms with Crippen molar-refractivity contribution in [2.45, 2.75) is 45.3 Å². The number of aromatic nitrogens is 3. The molecule has 1 amide bonds. The highest BCUT2D eigenvalue weighted by Gasteiger charge is 2.20. The summed E-state index contributed by atoms with van der Waals surface area (Å²) in [5, 5.41) is 0. The van der Waals surface area contributed by atoms with E-state index >= 15 is 0 Å². The van der Waals surface area contributed by atoms with Gasteiger partial charge in [0.25, 0.3) is 0 Å². The molecule has 1 aromatic heterocycles. The zero-order chi connectivity index (χ0) is 18.4. The van der Waals surface area contributed by atoms with Crippen LogP contribution in [-0.2, 0) is 24.4 Å². The molecule has 8 heteroatoms. The standard InChI is InChI=1S/C17H24N4O4/c1-3-9-19-15(23)20(10-4-2)17(25)21(16(19)24)13-14(22)18-11-7-5-6-8-12-18/h3-4H,1-2,5-13H2. The second-order valence-electron chi connectivity index (χ2n) is 6.03. The predicted octanol–water partition coefficient (Wildman–Crippen LogP) is -0.0537. The van der Waals surface area contributed by atoms with E-state index in [1.807, 2.05) is 0 Å². The Morgan fingerprint density at radius 1 is 0.800 bits per heavy atom. The number of hydrogen-bond donors (Lipinski definition) is 0. The molecule has 2 heterocycles. The van der Waals surface area contributed by atoms with Crippen LogP contribution in [0.4, 0.5) is 0 Å². The molecule has 1 aromatic rings. The number of hydrogen-bond acceptors (Lipinski definition) is 4. The Morgan fingerprint density at radius 3 is 1.68 bits per heavy atom. The van der Waals surface area contributed by atoms with Gasteiger partial charge in [-0.25, -0.2) is 28.1 Å². The molecule has 1 fully saturated rings. The van der Waals surface area contributed by atoms with E-state index in [1.165, 1.54) is 12.2 Å². The van der Waals surface area contributed by atoms with Crippen LogP contribution >= 0.6 is 0 Å². The highest BCUT2D eigenvalue weighted by Crippen LogP contribution is 2.09. The summed E-state index contributed by atoms with van der Waals surface area (Å²) in [6.45, 7) is 7.85.